The minimum atomic E-state index is -0.324. The molecule has 104 valence electrons. The summed E-state index contributed by atoms with van der Waals surface area (Å²) >= 11 is 1.51. The average molecular weight is 289 g/mol. The molecule has 6 heteroatoms. The Balaban J connectivity index is 1.62. The molecule has 0 bridgehead atoms. The van der Waals surface area contributed by atoms with E-state index in [1.54, 1.807) is 29.9 Å². The Labute approximate surface area is 120 Å². The molecule has 0 aliphatic heterocycles. The fraction of sp³-hybridized carbons (Fsp3) is 0.286. The Morgan fingerprint density at radius 3 is 2.75 bits per heavy atom. The molecule has 2 N–H and O–H groups in total. The first-order chi connectivity index (χ1) is 9.65. The third-order valence-electron chi connectivity index (χ3n) is 3.44. The lowest BCUT2D eigenvalue weighted by molar-refractivity contribution is 0.0844. The lowest BCUT2D eigenvalue weighted by atomic mass is 10.2. The number of amides is 2. The summed E-state index contributed by atoms with van der Waals surface area (Å²) in [5.41, 5.74) is 6.67. The van der Waals surface area contributed by atoms with Crippen molar-refractivity contribution in [2.24, 2.45) is 7.05 Å². The van der Waals surface area contributed by atoms with Gasteiger partial charge in [0.1, 0.15) is 5.69 Å². The summed E-state index contributed by atoms with van der Waals surface area (Å²) in [6.07, 6.45) is 5.06. The second kappa shape index (κ2) is 5.13. The lowest BCUT2D eigenvalue weighted by Crippen LogP contribution is -2.41. The smallest absolute Gasteiger partial charge is 0.286 e. The van der Waals surface area contributed by atoms with Crippen molar-refractivity contribution in [3.63, 3.8) is 0 Å². The minimum absolute atomic E-state index is 0.257. The minimum Gasteiger partial charge on any atom is -0.347 e. The van der Waals surface area contributed by atoms with Crippen molar-refractivity contribution in [2.45, 2.75) is 19.3 Å². The van der Waals surface area contributed by atoms with Gasteiger partial charge in [0.25, 0.3) is 11.8 Å². The molecule has 0 fully saturated rings. The first-order valence-corrected chi connectivity index (χ1v) is 7.30. The SMILES string of the molecule is Cn1cccc1C(=O)NNC(=O)c1cc2c(s1)CCC2. The molecule has 2 amide bonds. The van der Waals surface area contributed by atoms with Crippen LogP contribution in [0.25, 0.3) is 0 Å². The molecule has 20 heavy (non-hydrogen) atoms. The van der Waals surface area contributed by atoms with Crippen molar-refractivity contribution in [3.05, 3.63) is 45.4 Å². The zero-order valence-electron chi connectivity index (χ0n) is 11.1. The molecule has 0 atom stereocenters. The predicted molar refractivity (Wildman–Crippen MR) is 76.7 cm³/mol. The van der Waals surface area contributed by atoms with E-state index in [1.807, 2.05) is 6.07 Å². The Kier molecular flexibility index (Phi) is 3.31. The molecule has 0 unspecified atom stereocenters. The van der Waals surface area contributed by atoms with Gasteiger partial charge in [0.2, 0.25) is 0 Å². The van der Waals surface area contributed by atoms with Crippen molar-refractivity contribution < 1.29 is 9.59 Å². The molecule has 1 aliphatic carbocycles. The number of nitrogens with one attached hydrogen (secondary N) is 2. The fourth-order valence-electron chi connectivity index (χ4n) is 2.38. The molecule has 2 aromatic rings. The molecule has 2 heterocycles. The van der Waals surface area contributed by atoms with Crippen LogP contribution in [-0.4, -0.2) is 16.4 Å². The van der Waals surface area contributed by atoms with Crippen LogP contribution in [-0.2, 0) is 19.9 Å². The van der Waals surface area contributed by atoms with Crippen LogP contribution in [0.5, 0.6) is 0 Å². The van der Waals surface area contributed by atoms with Gasteiger partial charge in [0.15, 0.2) is 0 Å². The molecule has 2 aromatic heterocycles. The summed E-state index contributed by atoms with van der Waals surface area (Å²) in [6, 6.07) is 5.40. The normalized spacial score (nSPS) is 13.1. The predicted octanol–water partition coefficient (Wildman–Crippen LogP) is 1.65. The van der Waals surface area contributed by atoms with E-state index >= 15 is 0 Å². The molecular formula is C14H15N3O2S. The van der Waals surface area contributed by atoms with Crippen LogP contribution in [0.1, 0.15) is 37.0 Å². The first-order valence-electron chi connectivity index (χ1n) is 6.49. The van der Waals surface area contributed by atoms with Crippen molar-refractivity contribution in [1.82, 2.24) is 15.4 Å². The van der Waals surface area contributed by atoms with Gasteiger partial charge < -0.3 is 4.57 Å². The van der Waals surface area contributed by atoms with Gasteiger partial charge in [-0.1, -0.05) is 0 Å². The van der Waals surface area contributed by atoms with Crippen LogP contribution in [0.3, 0.4) is 0 Å². The van der Waals surface area contributed by atoms with E-state index in [4.69, 9.17) is 0 Å². The third kappa shape index (κ3) is 2.34. The molecule has 5 nitrogen and oxygen atoms in total. The molecule has 3 rings (SSSR count). The molecule has 1 aliphatic rings. The zero-order valence-corrected chi connectivity index (χ0v) is 11.9. The standard InChI is InChI=1S/C14H15N3O2S/c1-17-7-3-5-10(17)13(18)15-16-14(19)12-8-9-4-2-6-11(9)20-12/h3,5,7-8H,2,4,6H2,1H3,(H,15,18)(H,16,19). The number of hydrogen-bond acceptors (Lipinski definition) is 3. The number of aryl methyl sites for hydroxylation is 3. The van der Waals surface area contributed by atoms with E-state index in [9.17, 15) is 9.59 Å². The van der Waals surface area contributed by atoms with Gasteiger partial charge in [-0.05, 0) is 43.0 Å². The van der Waals surface area contributed by atoms with Gasteiger partial charge in [-0.25, -0.2) is 0 Å². The van der Waals surface area contributed by atoms with Gasteiger partial charge >= 0.3 is 0 Å². The molecule has 0 saturated carbocycles. The highest BCUT2D eigenvalue weighted by molar-refractivity contribution is 7.14. The number of carbonyl (C=O) groups is 2. The van der Waals surface area contributed by atoms with Crippen LogP contribution in [0, 0.1) is 0 Å². The fourth-order valence-corrected chi connectivity index (χ4v) is 3.53. The largest absolute Gasteiger partial charge is 0.347 e. The van der Waals surface area contributed by atoms with E-state index in [2.05, 4.69) is 10.9 Å². The maximum absolute atomic E-state index is 12.0. The molecule has 0 aromatic carbocycles. The number of hydrazine groups is 1. The third-order valence-corrected chi connectivity index (χ3v) is 4.67. The lowest BCUT2D eigenvalue weighted by Gasteiger charge is -2.06. The molecule has 0 saturated heterocycles. The van der Waals surface area contributed by atoms with Crippen molar-refractivity contribution in [1.29, 1.82) is 0 Å². The van der Waals surface area contributed by atoms with Crippen molar-refractivity contribution >= 4 is 23.2 Å². The summed E-state index contributed by atoms with van der Waals surface area (Å²) in [4.78, 5) is 25.8. The molecule has 0 spiro atoms. The highest BCUT2D eigenvalue weighted by Crippen LogP contribution is 2.30. The second-order valence-electron chi connectivity index (χ2n) is 4.83. The van der Waals surface area contributed by atoms with Gasteiger partial charge in [-0.15, -0.1) is 11.3 Å². The number of aromatic nitrogens is 1. The van der Waals surface area contributed by atoms with E-state index in [-0.39, 0.29) is 11.8 Å². The van der Waals surface area contributed by atoms with Crippen LogP contribution < -0.4 is 10.9 Å². The van der Waals surface area contributed by atoms with Crippen molar-refractivity contribution in [2.75, 3.05) is 0 Å². The van der Waals surface area contributed by atoms with E-state index < -0.39 is 0 Å². The second-order valence-corrected chi connectivity index (χ2v) is 5.96. The van der Waals surface area contributed by atoms with Crippen LogP contribution in [0.4, 0.5) is 0 Å². The number of thiophene rings is 1. The number of rotatable bonds is 2. The number of hydrogen-bond donors (Lipinski definition) is 2. The highest BCUT2D eigenvalue weighted by atomic mass is 32.1. The van der Waals surface area contributed by atoms with E-state index in [0.717, 1.165) is 12.8 Å². The van der Waals surface area contributed by atoms with Crippen molar-refractivity contribution in [3.8, 4) is 0 Å². The maximum atomic E-state index is 12.0. The van der Waals surface area contributed by atoms with Crippen LogP contribution in [0.15, 0.2) is 24.4 Å². The van der Waals surface area contributed by atoms with Crippen LogP contribution >= 0.6 is 11.3 Å². The van der Waals surface area contributed by atoms with E-state index in [1.165, 1.54) is 28.2 Å². The van der Waals surface area contributed by atoms with E-state index in [0.29, 0.717) is 10.6 Å². The number of carbonyl (C=O) groups excluding carboxylic acids is 2. The summed E-state index contributed by atoms with van der Waals surface area (Å²) in [5, 5.41) is 0. The maximum Gasteiger partial charge on any atom is 0.286 e. The first kappa shape index (κ1) is 12.9. The molecular weight excluding hydrogens is 274 g/mol. The molecule has 0 radical (unpaired) electrons. The number of nitrogens with zero attached hydrogens (tertiary/aromatic N) is 1. The summed E-state index contributed by atoms with van der Waals surface area (Å²) in [7, 11) is 1.78. The van der Waals surface area contributed by atoms with Gasteiger partial charge in [-0.3, -0.25) is 20.4 Å². The average Bonchev–Trinajstić information content (AvgIpc) is 3.09. The van der Waals surface area contributed by atoms with Crippen LogP contribution in [0.2, 0.25) is 0 Å². The summed E-state index contributed by atoms with van der Waals surface area (Å²) < 4.78 is 1.70. The Hall–Kier alpha value is -2.08. The Bertz CT molecular complexity index is 650. The quantitative estimate of drug-likeness (QED) is 0.826. The highest BCUT2D eigenvalue weighted by Gasteiger charge is 2.19. The van der Waals surface area contributed by atoms with Gasteiger partial charge in [-0.2, -0.15) is 0 Å². The summed E-state index contributed by atoms with van der Waals surface area (Å²) in [6.45, 7) is 0. The monoisotopic (exact) mass is 289 g/mol. The topological polar surface area (TPSA) is 63.1 Å². The Morgan fingerprint density at radius 1 is 1.25 bits per heavy atom. The zero-order chi connectivity index (χ0) is 14.1. The van der Waals surface area contributed by atoms with Gasteiger partial charge in [0.05, 0.1) is 4.88 Å². The van der Waals surface area contributed by atoms with Gasteiger partial charge in [0, 0.05) is 18.1 Å². The summed E-state index contributed by atoms with van der Waals surface area (Å²) in [5.74, 6) is -0.582. The Morgan fingerprint density at radius 2 is 2.05 bits per heavy atom. The number of fused-ring (bicyclic) bond motifs is 1.